The Labute approximate surface area is 119 Å². The average molecular weight is 262 g/mol. The smallest absolute Gasteiger partial charge is 0.0236 e. The number of rotatable bonds is 7. The summed E-state index contributed by atoms with van der Waals surface area (Å²) in [6.07, 6.45) is 0. The van der Waals surface area contributed by atoms with Gasteiger partial charge in [-0.3, -0.25) is 4.90 Å². The first-order chi connectivity index (χ1) is 8.91. The minimum atomic E-state index is 0.566. The first-order valence-electron chi connectivity index (χ1n) is 7.40. The maximum atomic E-state index is 3.53. The number of aryl methyl sites for hydroxylation is 1. The second-order valence-electron chi connectivity index (χ2n) is 6.12. The van der Waals surface area contributed by atoms with Crippen LogP contribution >= 0.6 is 0 Å². The zero-order chi connectivity index (χ0) is 14.4. The molecule has 0 bridgehead atoms. The molecule has 0 heterocycles. The lowest BCUT2D eigenvalue weighted by Gasteiger charge is -2.31. The van der Waals surface area contributed by atoms with Gasteiger partial charge in [-0.1, -0.05) is 45.0 Å². The molecule has 0 aliphatic carbocycles. The molecule has 0 aliphatic rings. The summed E-state index contributed by atoms with van der Waals surface area (Å²) in [6, 6.07) is 9.80. The van der Waals surface area contributed by atoms with Crippen LogP contribution < -0.4 is 5.32 Å². The van der Waals surface area contributed by atoms with Gasteiger partial charge in [-0.15, -0.1) is 0 Å². The lowest BCUT2D eigenvalue weighted by Crippen LogP contribution is -2.40. The summed E-state index contributed by atoms with van der Waals surface area (Å²) in [4.78, 5) is 2.45. The quantitative estimate of drug-likeness (QED) is 0.809. The lowest BCUT2D eigenvalue weighted by atomic mass is 10.0. The van der Waals surface area contributed by atoms with Crippen molar-refractivity contribution in [3.05, 3.63) is 35.4 Å². The van der Waals surface area contributed by atoms with E-state index in [4.69, 9.17) is 0 Å². The fourth-order valence-corrected chi connectivity index (χ4v) is 2.23. The van der Waals surface area contributed by atoms with E-state index in [0.29, 0.717) is 18.0 Å². The average Bonchev–Trinajstić information content (AvgIpc) is 2.37. The Kier molecular flexibility index (Phi) is 6.53. The molecule has 0 aliphatic heterocycles. The standard InChI is InChI=1S/C17H30N2/c1-13(2)18-11-15(4)16(5)19(6)12-17-10-8-7-9-14(17)3/h7-10,13,15-16,18H,11-12H2,1-6H3. The van der Waals surface area contributed by atoms with Gasteiger partial charge in [-0.2, -0.15) is 0 Å². The van der Waals surface area contributed by atoms with Crippen molar-refractivity contribution < 1.29 is 0 Å². The third-order valence-electron chi connectivity index (χ3n) is 4.05. The normalized spacial score (nSPS) is 14.9. The molecule has 1 aromatic rings. The van der Waals surface area contributed by atoms with Gasteiger partial charge in [0.25, 0.3) is 0 Å². The van der Waals surface area contributed by atoms with Crippen LogP contribution in [0.4, 0.5) is 0 Å². The van der Waals surface area contributed by atoms with E-state index in [1.165, 1.54) is 11.1 Å². The van der Waals surface area contributed by atoms with Gasteiger partial charge in [-0.25, -0.2) is 0 Å². The topological polar surface area (TPSA) is 15.3 Å². The molecule has 0 radical (unpaired) electrons. The number of nitrogens with zero attached hydrogens (tertiary/aromatic N) is 1. The molecule has 0 aromatic heterocycles. The Bertz CT molecular complexity index is 373. The van der Waals surface area contributed by atoms with Crippen LogP contribution in [0.15, 0.2) is 24.3 Å². The van der Waals surface area contributed by atoms with E-state index >= 15 is 0 Å². The van der Waals surface area contributed by atoms with Crippen molar-refractivity contribution in [1.82, 2.24) is 10.2 Å². The summed E-state index contributed by atoms with van der Waals surface area (Å²) < 4.78 is 0. The predicted molar refractivity (Wildman–Crippen MR) is 84.4 cm³/mol. The van der Waals surface area contributed by atoms with Gasteiger partial charge in [0.05, 0.1) is 0 Å². The maximum absolute atomic E-state index is 3.53. The Morgan fingerprint density at radius 3 is 2.32 bits per heavy atom. The highest BCUT2D eigenvalue weighted by Crippen LogP contribution is 2.15. The third kappa shape index (κ3) is 5.33. The molecule has 2 unspecified atom stereocenters. The molecule has 108 valence electrons. The molecule has 2 nitrogen and oxygen atoms in total. The summed E-state index contributed by atoms with van der Waals surface area (Å²) in [5.41, 5.74) is 2.82. The maximum Gasteiger partial charge on any atom is 0.0236 e. The van der Waals surface area contributed by atoms with Gasteiger partial charge in [0.1, 0.15) is 0 Å². The minimum absolute atomic E-state index is 0.566. The predicted octanol–water partition coefficient (Wildman–Crippen LogP) is 3.45. The van der Waals surface area contributed by atoms with Crippen LogP contribution in [0.2, 0.25) is 0 Å². The number of hydrogen-bond donors (Lipinski definition) is 1. The fourth-order valence-electron chi connectivity index (χ4n) is 2.23. The van der Waals surface area contributed by atoms with Gasteiger partial charge in [0.15, 0.2) is 0 Å². The van der Waals surface area contributed by atoms with Crippen LogP contribution in [0.3, 0.4) is 0 Å². The van der Waals surface area contributed by atoms with E-state index < -0.39 is 0 Å². The highest BCUT2D eigenvalue weighted by molar-refractivity contribution is 5.25. The Morgan fingerprint density at radius 1 is 1.11 bits per heavy atom. The van der Waals surface area contributed by atoms with E-state index in [9.17, 15) is 0 Å². The monoisotopic (exact) mass is 262 g/mol. The summed E-state index contributed by atoms with van der Waals surface area (Å²) in [5, 5.41) is 3.53. The molecular formula is C17H30N2. The summed E-state index contributed by atoms with van der Waals surface area (Å²) in [7, 11) is 2.23. The molecular weight excluding hydrogens is 232 g/mol. The van der Waals surface area contributed by atoms with Gasteiger partial charge in [0.2, 0.25) is 0 Å². The zero-order valence-corrected chi connectivity index (χ0v) is 13.4. The highest BCUT2D eigenvalue weighted by Gasteiger charge is 2.17. The summed E-state index contributed by atoms with van der Waals surface area (Å²) in [5.74, 6) is 0.649. The molecule has 2 atom stereocenters. The number of benzene rings is 1. The molecule has 1 aromatic carbocycles. The van der Waals surface area contributed by atoms with Crippen molar-refractivity contribution in [3.63, 3.8) is 0 Å². The lowest BCUT2D eigenvalue weighted by molar-refractivity contribution is 0.186. The highest BCUT2D eigenvalue weighted by atomic mass is 15.1. The molecule has 1 N–H and O–H groups in total. The van der Waals surface area contributed by atoms with Crippen LogP contribution in [-0.4, -0.2) is 30.6 Å². The second-order valence-corrected chi connectivity index (χ2v) is 6.12. The van der Waals surface area contributed by atoms with Crippen molar-refractivity contribution in [1.29, 1.82) is 0 Å². The van der Waals surface area contributed by atoms with Crippen LogP contribution in [0.5, 0.6) is 0 Å². The number of nitrogens with one attached hydrogen (secondary N) is 1. The molecule has 0 fully saturated rings. The van der Waals surface area contributed by atoms with Gasteiger partial charge in [-0.05, 0) is 44.5 Å². The van der Waals surface area contributed by atoms with Crippen LogP contribution in [0.25, 0.3) is 0 Å². The van der Waals surface area contributed by atoms with Crippen LogP contribution in [0.1, 0.15) is 38.8 Å². The number of hydrogen-bond acceptors (Lipinski definition) is 2. The Hall–Kier alpha value is -0.860. The van der Waals surface area contributed by atoms with Crippen LogP contribution in [-0.2, 0) is 6.54 Å². The SMILES string of the molecule is Cc1ccccc1CN(C)C(C)C(C)CNC(C)C. The van der Waals surface area contributed by atoms with E-state index in [1.807, 2.05) is 0 Å². The zero-order valence-electron chi connectivity index (χ0n) is 13.4. The molecule has 0 spiro atoms. The summed E-state index contributed by atoms with van der Waals surface area (Å²) in [6.45, 7) is 13.4. The first kappa shape index (κ1) is 16.2. The van der Waals surface area contributed by atoms with Crippen molar-refractivity contribution in [2.45, 2.75) is 53.2 Å². The van der Waals surface area contributed by atoms with Crippen molar-refractivity contribution in [2.75, 3.05) is 13.6 Å². The van der Waals surface area contributed by atoms with Crippen LogP contribution in [0, 0.1) is 12.8 Å². The van der Waals surface area contributed by atoms with Crippen molar-refractivity contribution >= 4 is 0 Å². The molecule has 19 heavy (non-hydrogen) atoms. The minimum Gasteiger partial charge on any atom is -0.314 e. The molecule has 0 amide bonds. The van der Waals surface area contributed by atoms with E-state index in [2.05, 4.69) is 76.1 Å². The van der Waals surface area contributed by atoms with Gasteiger partial charge >= 0.3 is 0 Å². The van der Waals surface area contributed by atoms with Gasteiger partial charge in [0, 0.05) is 18.6 Å². The van der Waals surface area contributed by atoms with Crippen molar-refractivity contribution in [2.24, 2.45) is 5.92 Å². The Balaban J connectivity index is 2.52. The van der Waals surface area contributed by atoms with E-state index in [-0.39, 0.29) is 0 Å². The van der Waals surface area contributed by atoms with E-state index in [0.717, 1.165) is 13.1 Å². The van der Waals surface area contributed by atoms with Crippen molar-refractivity contribution in [3.8, 4) is 0 Å². The summed E-state index contributed by atoms with van der Waals surface area (Å²) >= 11 is 0. The molecule has 0 saturated carbocycles. The molecule has 1 rings (SSSR count). The Morgan fingerprint density at radius 2 is 1.74 bits per heavy atom. The van der Waals surface area contributed by atoms with Gasteiger partial charge < -0.3 is 5.32 Å². The fraction of sp³-hybridized carbons (Fsp3) is 0.647. The first-order valence-corrected chi connectivity index (χ1v) is 7.40. The third-order valence-corrected chi connectivity index (χ3v) is 4.05. The molecule has 0 saturated heterocycles. The molecule has 2 heteroatoms. The van der Waals surface area contributed by atoms with E-state index in [1.54, 1.807) is 0 Å². The second kappa shape index (κ2) is 7.66. The largest absolute Gasteiger partial charge is 0.314 e.